The second-order valence-corrected chi connectivity index (χ2v) is 4.54. The van der Waals surface area contributed by atoms with Crippen LogP contribution >= 0.6 is 0 Å². The summed E-state index contributed by atoms with van der Waals surface area (Å²) in [6.07, 6.45) is 0. The lowest BCUT2D eigenvalue weighted by molar-refractivity contribution is -0.0530. The molecule has 5 nitrogen and oxygen atoms in total. The molecule has 0 aliphatic carbocycles. The van der Waals surface area contributed by atoms with Gasteiger partial charge < -0.3 is 24.1 Å². The maximum Gasteiger partial charge on any atom is 0.164 e. The highest BCUT2D eigenvalue weighted by molar-refractivity contribution is 5.52. The van der Waals surface area contributed by atoms with Gasteiger partial charge in [-0.15, -0.1) is 0 Å². The highest BCUT2D eigenvalue weighted by atomic mass is 16.5. The molecule has 1 aliphatic heterocycles. The Bertz CT molecular complexity index is 428. The third kappa shape index (κ3) is 2.62. The van der Waals surface area contributed by atoms with E-state index in [1.807, 2.05) is 6.07 Å². The molecule has 1 N–H and O–H groups in total. The first-order valence-corrected chi connectivity index (χ1v) is 6.23. The van der Waals surface area contributed by atoms with Gasteiger partial charge in [-0.25, -0.2) is 0 Å². The van der Waals surface area contributed by atoms with Crippen molar-refractivity contribution in [1.29, 1.82) is 0 Å². The smallest absolute Gasteiger partial charge is 0.164 e. The Morgan fingerprint density at radius 1 is 1.11 bits per heavy atom. The molecule has 1 aromatic rings. The summed E-state index contributed by atoms with van der Waals surface area (Å²) >= 11 is 0. The van der Waals surface area contributed by atoms with Crippen LogP contribution < -0.4 is 14.2 Å². The highest BCUT2D eigenvalue weighted by Gasteiger charge is 2.32. The van der Waals surface area contributed by atoms with E-state index in [1.54, 1.807) is 27.4 Å². The molecule has 0 amide bonds. The molecular weight excluding hydrogens is 248 g/mol. The molecule has 0 spiro atoms. The number of hydrogen-bond acceptors (Lipinski definition) is 5. The van der Waals surface area contributed by atoms with E-state index < -0.39 is 0 Å². The highest BCUT2D eigenvalue weighted by Crippen LogP contribution is 2.41. The number of benzene rings is 1. The number of aliphatic hydroxyl groups is 1. The molecule has 1 heterocycles. The van der Waals surface area contributed by atoms with Gasteiger partial charge in [0.25, 0.3) is 0 Å². The van der Waals surface area contributed by atoms with Gasteiger partial charge >= 0.3 is 0 Å². The average molecular weight is 268 g/mol. The minimum atomic E-state index is -0.0106. The van der Waals surface area contributed by atoms with Gasteiger partial charge in [0.15, 0.2) is 11.5 Å². The van der Waals surface area contributed by atoms with E-state index in [1.165, 1.54) is 0 Å². The van der Waals surface area contributed by atoms with Crippen molar-refractivity contribution in [2.24, 2.45) is 5.92 Å². The molecule has 1 aromatic carbocycles. The van der Waals surface area contributed by atoms with E-state index in [2.05, 4.69) is 0 Å². The van der Waals surface area contributed by atoms with Crippen molar-refractivity contribution < 1.29 is 24.1 Å². The van der Waals surface area contributed by atoms with Crippen molar-refractivity contribution >= 4 is 0 Å². The lowest BCUT2D eigenvalue weighted by Gasteiger charge is -2.33. The third-order valence-electron chi connectivity index (χ3n) is 3.56. The summed E-state index contributed by atoms with van der Waals surface area (Å²) in [6, 6.07) is 3.66. The summed E-state index contributed by atoms with van der Waals surface area (Å²) < 4.78 is 21.2. The van der Waals surface area contributed by atoms with E-state index in [0.717, 1.165) is 5.56 Å². The Labute approximate surface area is 113 Å². The molecule has 1 fully saturated rings. The SMILES string of the molecule is COc1cc(OC)c(C(CO)C2COC2)cc1OC. The topological polar surface area (TPSA) is 57.2 Å². The second-order valence-electron chi connectivity index (χ2n) is 4.54. The van der Waals surface area contributed by atoms with Crippen molar-refractivity contribution in [3.63, 3.8) is 0 Å². The predicted octanol–water partition coefficient (Wildman–Crippen LogP) is 1.43. The van der Waals surface area contributed by atoms with Crippen molar-refractivity contribution in [2.45, 2.75) is 5.92 Å². The van der Waals surface area contributed by atoms with Crippen LogP contribution in [0.4, 0.5) is 0 Å². The van der Waals surface area contributed by atoms with Gasteiger partial charge in [-0.2, -0.15) is 0 Å². The minimum absolute atomic E-state index is 0.0106. The Hall–Kier alpha value is -1.46. The third-order valence-corrected chi connectivity index (χ3v) is 3.56. The van der Waals surface area contributed by atoms with Gasteiger partial charge in [0, 0.05) is 23.5 Å². The number of methoxy groups -OCH3 is 3. The number of aliphatic hydroxyl groups excluding tert-OH is 1. The van der Waals surface area contributed by atoms with Crippen LogP contribution in [0, 0.1) is 5.92 Å². The molecule has 2 rings (SSSR count). The number of hydrogen-bond donors (Lipinski definition) is 1. The standard InChI is InChI=1S/C14H20O5/c1-16-12-5-14(18-3)13(17-2)4-10(12)11(6-15)9-7-19-8-9/h4-5,9,11,15H,6-8H2,1-3H3. The molecule has 0 bridgehead atoms. The quantitative estimate of drug-likeness (QED) is 0.846. The van der Waals surface area contributed by atoms with Gasteiger partial charge in [0.2, 0.25) is 0 Å². The fourth-order valence-corrected chi connectivity index (χ4v) is 2.33. The van der Waals surface area contributed by atoms with Gasteiger partial charge in [-0.1, -0.05) is 0 Å². The molecule has 106 valence electrons. The largest absolute Gasteiger partial charge is 0.496 e. The van der Waals surface area contributed by atoms with E-state index in [0.29, 0.717) is 36.4 Å². The zero-order valence-electron chi connectivity index (χ0n) is 11.5. The van der Waals surface area contributed by atoms with E-state index in [9.17, 15) is 5.11 Å². The Morgan fingerprint density at radius 3 is 2.11 bits per heavy atom. The lowest BCUT2D eigenvalue weighted by atomic mass is 9.84. The van der Waals surface area contributed by atoms with Crippen LogP contribution in [0.1, 0.15) is 11.5 Å². The normalized spacial score (nSPS) is 16.6. The first-order valence-electron chi connectivity index (χ1n) is 6.23. The molecule has 0 aromatic heterocycles. The van der Waals surface area contributed by atoms with Crippen molar-refractivity contribution in [3.8, 4) is 17.2 Å². The monoisotopic (exact) mass is 268 g/mol. The molecule has 5 heteroatoms. The fraction of sp³-hybridized carbons (Fsp3) is 0.571. The maximum absolute atomic E-state index is 9.64. The summed E-state index contributed by atoms with van der Waals surface area (Å²) in [6.45, 7) is 1.39. The van der Waals surface area contributed by atoms with Crippen molar-refractivity contribution in [1.82, 2.24) is 0 Å². The lowest BCUT2D eigenvalue weighted by Crippen LogP contribution is -2.34. The zero-order chi connectivity index (χ0) is 13.8. The number of ether oxygens (including phenoxy) is 4. The van der Waals surface area contributed by atoms with E-state index in [-0.39, 0.29) is 12.5 Å². The Kier molecular flexibility index (Phi) is 4.50. The molecule has 1 atom stereocenters. The molecule has 1 unspecified atom stereocenters. The molecule has 0 saturated carbocycles. The van der Waals surface area contributed by atoms with Gasteiger partial charge in [0.05, 0.1) is 41.2 Å². The van der Waals surface area contributed by atoms with Gasteiger partial charge in [0.1, 0.15) is 5.75 Å². The summed E-state index contributed by atoms with van der Waals surface area (Å²) in [5, 5.41) is 9.64. The second kappa shape index (κ2) is 6.12. The fourth-order valence-electron chi connectivity index (χ4n) is 2.33. The molecular formula is C14H20O5. The Balaban J connectivity index is 2.41. The van der Waals surface area contributed by atoms with Crippen molar-refractivity contribution in [2.75, 3.05) is 41.2 Å². The first-order chi connectivity index (χ1) is 9.24. The first kappa shape index (κ1) is 14.0. The van der Waals surface area contributed by atoms with Crippen LogP contribution in [-0.4, -0.2) is 46.3 Å². The minimum Gasteiger partial charge on any atom is -0.496 e. The van der Waals surface area contributed by atoms with E-state index in [4.69, 9.17) is 18.9 Å². The summed E-state index contributed by atoms with van der Waals surface area (Å²) in [7, 11) is 4.78. The van der Waals surface area contributed by atoms with Gasteiger partial charge in [-0.05, 0) is 6.07 Å². The number of rotatable bonds is 6. The summed E-state index contributed by atoms with van der Waals surface area (Å²) in [5.41, 5.74) is 0.927. The van der Waals surface area contributed by atoms with Gasteiger partial charge in [-0.3, -0.25) is 0 Å². The van der Waals surface area contributed by atoms with E-state index >= 15 is 0 Å². The maximum atomic E-state index is 9.64. The van der Waals surface area contributed by atoms with Crippen molar-refractivity contribution in [3.05, 3.63) is 17.7 Å². The summed E-state index contributed by atoms with van der Waals surface area (Å²) in [4.78, 5) is 0. The molecule has 1 saturated heterocycles. The zero-order valence-corrected chi connectivity index (χ0v) is 11.5. The van der Waals surface area contributed by atoms with Crippen LogP contribution in [0.15, 0.2) is 12.1 Å². The van der Waals surface area contributed by atoms with Crippen LogP contribution in [0.2, 0.25) is 0 Å². The molecule has 0 radical (unpaired) electrons. The molecule has 1 aliphatic rings. The molecule has 19 heavy (non-hydrogen) atoms. The van der Waals surface area contributed by atoms with Crippen LogP contribution in [0.5, 0.6) is 17.2 Å². The summed E-state index contributed by atoms with van der Waals surface area (Å²) in [5.74, 6) is 2.26. The predicted molar refractivity (Wildman–Crippen MR) is 70.2 cm³/mol. The average Bonchev–Trinajstić information content (AvgIpc) is 2.40. The Morgan fingerprint density at radius 2 is 1.68 bits per heavy atom. The van der Waals surface area contributed by atoms with Crippen LogP contribution in [-0.2, 0) is 4.74 Å². The van der Waals surface area contributed by atoms with Crippen LogP contribution in [0.25, 0.3) is 0 Å². The van der Waals surface area contributed by atoms with Crippen LogP contribution in [0.3, 0.4) is 0 Å².